The lowest BCUT2D eigenvalue weighted by atomic mass is 10.3. The van der Waals surface area contributed by atoms with Gasteiger partial charge < -0.3 is 9.66 Å². The van der Waals surface area contributed by atoms with Crippen molar-refractivity contribution < 1.29 is 19.3 Å². The SMILES string of the molecule is CC(ON(C)C)C(SO)C(=O)O. The highest BCUT2D eigenvalue weighted by molar-refractivity contribution is 7.95. The molecule has 0 spiro atoms. The second kappa shape index (κ2) is 5.36. The molecule has 0 heterocycles. The van der Waals surface area contributed by atoms with Gasteiger partial charge in [0.15, 0.2) is 5.25 Å². The summed E-state index contributed by atoms with van der Waals surface area (Å²) < 4.78 is 8.62. The molecule has 2 N–H and O–H groups in total. The fourth-order valence-electron chi connectivity index (χ4n) is 0.719. The standard InChI is InChI=1S/C6H13NO4S/c1-4(11-7(2)3)5(12-10)6(8)9/h4-5,10H,1-3H3,(H,8,9). The Bertz CT molecular complexity index is 152. The van der Waals surface area contributed by atoms with Crippen LogP contribution in [0.4, 0.5) is 0 Å². The normalized spacial score (nSPS) is 16.1. The summed E-state index contributed by atoms with van der Waals surface area (Å²) in [4.78, 5) is 15.5. The number of hydrogen-bond donors (Lipinski definition) is 2. The number of carbonyl (C=O) groups is 1. The second-order valence-electron chi connectivity index (χ2n) is 2.49. The molecular formula is C6H13NO4S. The molecule has 6 heteroatoms. The zero-order valence-corrected chi connectivity index (χ0v) is 8.04. The number of rotatable bonds is 5. The van der Waals surface area contributed by atoms with Crippen LogP contribution in [0.3, 0.4) is 0 Å². The maximum Gasteiger partial charge on any atom is 0.321 e. The van der Waals surface area contributed by atoms with Crippen LogP contribution in [-0.2, 0) is 9.63 Å². The molecule has 0 bridgehead atoms. The minimum atomic E-state index is -1.09. The molecule has 2 atom stereocenters. The summed E-state index contributed by atoms with van der Waals surface area (Å²) >= 11 is 0.277. The minimum Gasteiger partial charge on any atom is -0.480 e. The predicted octanol–water partition coefficient (Wildman–Crippen LogP) is 0.527. The van der Waals surface area contributed by atoms with Crippen molar-refractivity contribution in [1.29, 1.82) is 0 Å². The van der Waals surface area contributed by atoms with Crippen molar-refractivity contribution >= 4 is 18.0 Å². The molecule has 72 valence electrons. The van der Waals surface area contributed by atoms with Crippen LogP contribution in [0.2, 0.25) is 0 Å². The first-order chi connectivity index (χ1) is 5.49. The summed E-state index contributed by atoms with van der Waals surface area (Å²) in [5.41, 5.74) is 0. The zero-order valence-electron chi connectivity index (χ0n) is 7.22. The van der Waals surface area contributed by atoms with E-state index in [0.717, 1.165) is 0 Å². The first-order valence-electron chi connectivity index (χ1n) is 3.36. The molecule has 0 aliphatic rings. The number of nitrogens with zero attached hydrogens (tertiary/aromatic N) is 1. The van der Waals surface area contributed by atoms with Gasteiger partial charge in [0.1, 0.15) is 6.10 Å². The van der Waals surface area contributed by atoms with Gasteiger partial charge in [0.2, 0.25) is 0 Å². The Hall–Kier alpha value is -0.300. The van der Waals surface area contributed by atoms with Gasteiger partial charge in [-0.05, 0) is 6.92 Å². The third-order valence-electron chi connectivity index (χ3n) is 1.16. The number of hydrogen-bond acceptors (Lipinski definition) is 5. The second-order valence-corrected chi connectivity index (χ2v) is 3.21. The van der Waals surface area contributed by atoms with Crippen molar-refractivity contribution in [2.75, 3.05) is 14.1 Å². The molecule has 0 saturated heterocycles. The van der Waals surface area contributed by atoms with Gasteiger partial charge >= 0.3 is 5.97 Å². The molecule has 5 nitrogen and oxygen atoms in total. The largest absolute Gasteiger partial charge is 0.480 e. The lowest BCUT2D eigenvalue weighted by Crippen LogP contribution is -2.34. The molecule has 0 amide bonds. The lowest BCUT2D eigenvalue weighted by Gasteiger charge is -2.20. The van der Waals surface area contributed by atoms with Crippen molar-refractivity contribution in [3.8, 4) is 0 Å². The Morgan fingerprint density at radius 3 is 2.33 bits per heavy atom. The number of aliphatic carboxylic acids is 1. The van der Waals surface area contributed by atoms with E-state index in [0.29, 0.717) is 0 Å². The summed E-state index contributed by atoms with van der Waals surface area (Å²) in [6.07, 6.45) is -0.563. The quantitative estimate of drug-likeness (QED) is 0.492. The molecule has 0 aliphatic heterocycles. The Balaban J connectivity index is 4.02. The number of hydroxylamine groups is 2. The summed E-state index contributed by atoms with van der Waals surface area (Å²) in [5.74, 6) is -1.09. The van der Waals surface area contributed by atoms with Crippen LogP contribution in [0, 0.1) is 0 Å². The van der Waals surface area contributed by atoms with Crippen molar-refractivity contribution in [3.05, 3.63) is 0 Å². The van der Waals surface area contributed by atoms with Crippen molar-refractivity contribution in [2.45, 2.75) is 18.3 Å². The maximum atomic E-state index is 10.5. The Morgan fingerprint density at radius 2 is 2.08 bits per heavy atom. The van der Waals surface area contributed by atoms with Crippen molar-refractivity contribution in [1.82, 2.24) is 5.06 Å². The third kappa shape index (κ3) is 3.91. The van der Waals surface area contributed by atoms with Gasteiger partial charge in [-0.3, -0.25) is 9.63 Å². The molecule has 0 aromatic heterocycles. The van der Waals surface area contributed by atoms with Crippen LogP contribution in [0.5, 0.6) is 0 Å². The van der Waals surface area contributed by atoms with Gasteiger partial charge in [-0.1, -0.05) is 0 Å². The van der Waals surface area contributed by atoms with Crippen LogP contribution >= 0.6 is 12.0 Å². The first kappa shape index (κ1) is 11.7. The fraction of sp³-hybridized carbons (Fsp3) is 0.833. The van der Waals surface area contributed by atoms with Gasteiger partial charge in [0.05, 0.1) is 0 Å². The molecule has 0 rings (SSSR count). The average molecular weight is 195 g/mol. The molecular weight excluding hydrogens is 182 g/mol. The summed E-state index contributed by atoms with van der Waals surface area (Å²) in [7, 11) is 3.30. The van der Waals surface area contributed by atoms with E-state index >= 15 is 0 Å². The van der Waals surface area contributed by atoms with E-state index < -0.39 is 17.3 Å². The van der Waals surface area contributed by atoms with Gasteiger partial charge in [-0.15, -0.1) is 0 Å². The topological polar surface area (TPSA) is 70.0 Å². The van der Waals surface area contributed by atoms with E-state index in [4.69, 9.17) is 14.5 Å². The van der Waals surface area contributed by atoms with Gasteiger partial charge in [0.25, 0.3) is 0 Å². The minimum absolute atomic E-state index is 0.277. The molecule has 0 aliphatic carbocycles. The molecule has 0 saturated carbocycles. The van der Waals surface area contributed by atoms with E-state index in [1.807, 2.05) is 0 Å². The van der Waals surface area contributed by atoms with Crippen LogP contribution < -0.4 is 0 Å². The van der Waals surface area contributed by atoms with E-state index in [-0.39, 0.29) is 12.0 Å². The monoisotopic (exact) mass is 195 g/mol. The van der Waals surface area contributed by atoms with E-state index in [9.17, 15) is 4.79 Å². The van der Waals surface area contributed by atoms with Crippen molar-refractivity contribution in [3.63, 3.8) is 0 Å². The van der Waals surface area contributed by atoms with E-state index in [1.165, 1.54) is 5.06 Å². The maximum absolute atomic E-state index is 10.5. The first-order valence-corrected chi connectivity index (χ1v) is 4.19. The lowest BCUT2D eigenvalue weighted by molar-refractivity contribution is -0.168. The van der Waals surface area contributed by atoms with Crippen LogP contribution in [0.15, 0.2) is 0 Å². The number of carboxylic acids is 1. The highest BCUT2D eigenvalue weighted by atomic mass is 32.2. The Morgan fingerprint density at radius 1 is 1.58 bits per heavy atom. The summed E-state index contributed by atoms with van der Waals surface area (Å²) in [5, 5.41) is 9.03. The summed E-state index contributed by atoms with van der Waals surface area (Å²) in [6, 6.07) is 0. The van der Waals surface area contributed by atoms with E-state index in [2.05, 4.69) is 0 Å². The van der Waals surface area contributed by atoms with Crippen molar-refractivity contribution in [2.24, 2.45) is 0 Å². The molecule has 0 radical (unpaired) electrons. The molecule has 0 fully saturated rings. The average Bonchev–Trinajstić information content (AvgIpc) is 1.85. The molecule has 2 unspecified atom stereocenters. The highest BCUT2D eigenvalue weighted by Gasteiger charge is 2.26. The van der Waals surface area contributed by atoms with Crippen LogP contribution in [0.25, 0.3) is 0 Å². The van der Waals surface area contributed by atoms with Gasteiger partial charge in [-0.2, -0.15) is 5.06 Å². The van der Waals surface area contributed by atoms with Gasteiger partial charge in [-0.25, -0.2) is 0 Å². The molecule has 0 aromatic rings. The smallest absolute Gasteiger partial charge is 0.321 e. The van der Waals surface area contributed by atoms with Gasteiger partial charge in [0, 0.05) is 26.1 Å². The molecule has 12 heavy (non-hydrogen) atoms. The summed E-state index contributed by atoms with van der Waals surface area (Å²) in [6.45, 7) is 1.59. The van der Waals surface area contributed by atoms with E-state index in [1.54, 1.807) is 21.0 Å². The Kier molecular flexibility index (Phi) is 5.23. The highest BCUT2D eigenvalue weighted by Crippen LogP contribution is 2.14. The van der Waals surface area contributed by atoms with Crippen LogP contribution in [-0.4, -0.2) is 46.1 Å². The Labute approximate surface area is 75.5 Å². The third-order valence-corrected chi connectivity index (χ3v) is 1.97. The molecule has 0 aromatic carbocycles. The fourth-order valence-corrected chi connectivity index (χ4v) is 1.03. The predicted molar refractivity (Wildman–Crippen MR) is 45.9 cm³/mol. The zero-order chi connectivity index (χ0) is 9.72. The number of carboxylic acid groups (broad SMARTS) is 1. The van der Waals surface area contributed by atoms with Crippen LogP contribution in [0.1, 0.15) is 6.92 Å².